The Balaban J connectivity index is 5.19. The van der Waals surface area contributed by atoms with E-state index in [1.165, 1.54) is 161 Å². The van der Waals surface area contributed by atoms with Crippen LogP contribution in [0, 0.1) is 5.92 Å². The molecule has 0 aromatic carbocycles. The van der Waals surface area contributed by atoms with E-state index in [9.17, 15) is 43.2 Å². The predicted octanol–water partition coefficient (Wildman–Crippen LogP) is 19.4. The van der Waals surface area contributed by atoms with Crippen LogP contribution in [0.25, 0.3) is 0 Å². The van der Waals surface area contributed by atoms with E-state index in [4.69, 9.17) is 37.0 Å². The Kier molecular flexibility index (Phi) is 60.2. The molecule has 17 nitrogen and oxygen atoms in total. The van der Waals surface area contributed by atoms with Gasteiger partial charge >= 0.3 is 39.5 Å². The van der Waals surface area contributed by atoms with Gasteiger partial charge in [-0.2, -0.15) is 0 Å². The Labute approximate surface area is 530 Å². The fraction of sp³-hybridized carbons (Fsp3) is 0.941. The van der Waals surface area contributed by atoms with Crippen LogP contribution < -0.4 is 0 Å². The highest BCUT2D eigenvalue weighted by atomic mass is 31.2. The summed E-state index contributed by atoms with van der Waals surface area (Å²) in [6.45, 7) is 7.17. The van der Waals surface area contributed by atoms with E-state index in [1.807, 2.05) is 0 Å². The Hall–Kier alpha value is -1.94. The van der Waals surface area contributed by atoms with E-state index in [0.29, 0.717) is 25.7 Å². The molecule has 19 heteroatoms. The second-order valence-corrected chi connectivity index (χ2v) is 27.9. The highest BCUT2D eigenvalue weighted by Crippen LogP contribution is 2.45. The maximum atomic E-state index is 13.0. The van der Waals surface area contributed by atoms with Gasteiger partial charge in [0.2, 0.25) is 0 Å². The van der Waals surface area contributed by atoms with Crippen LogP contribution in [0.4, 0.5) is 0 Å². The molecular formula is C68H132O17P2. The maximum absolute atomic E-state index is 13.0. The molecule has 0 fully saturated rings. The minimum Gasteiger partial charge on any atom is -0.462 e. The zero-order chi connectivity index (χ0) is 64.2. The average Bonchev–Trinajstić information content (AvgIpc) is 3.62. The first-order chi connectivity index (χ1) is 42.0. The van der Waals surface area contributed by atoms with E-state index >= 15 is 0 Å². The first-order valence-corrected chi connectivity index (χ1v) is 38.6. The zero-order valence-corrected chi connectivity index (χ0v) is 57.9. The predicted molar refractivity (Wildman–Crippen MR) is 349 cm³/mol. The number of aliphatic hydroxyl groups is 1. The van der Waals surface area contributed by atoms with Gasteiger partial charge in [0.05, 0.1) is 26.4 Å². The van der Waals surface area contributed by atoms with E-state index in [-0.39, 0.29) is 25.7 Å². The third kappa shape index (κ3) is 62.6. The van der Waals surface area contributed by atoms with Gasteiger partial charge in [0.1, 0.15) is 19.3 Å². The molecule has 0 aromatic rings. The van der Waals surface area contributed by atoms with Crippen molar-refractivity contribution >= 4 is 39.5 Å². The molecule has 0 aliphatic rings. The molecule has 2 unspecified atom stereocenters. The van der Waals surface area contributed by atoms with Crippen LogP contribution >= 0.6 is 15.6 Å². The number of aliphatic hydroxyl groups excluding tert-OH is 1. The largest absolute Gasteiger partial charge is 0.472 e. The van der Waals surface area contributed by atoms with E-state index in [2.05, 4.69) is 34.6 Å². The van der Waals surface area contributed by atoms with Crippen molar-refractivity contribution in [2.24, 2.45) is 5.92 Å². The van der Waals surface area contributed by atoms with Crippen molar-refractivity contribution in [2.45, 2.75) is 368 Å². The molecule has 3 N–H and O–H groups in total. The van der Waals surface area contributed by atoms with Crippen LogP contribution in [-0.2, 0) is 65.4 Å². The molecule has 0 heterocycles. The summed E-state index contributed by atoms with van der Waals surface area (Å²) in [6, 6.07) is 0. The molecule has 0 aromatic heterocycles. The number of ether oxygens (including phenoxy) is 4. The van der Waals surface area contributed by atoms with Crippen LogP contribution in [0.5, 0.6) is 0 Å². The Morgan fingerprint density at radius 1 is 0.310 bits per heavy atom. The molecule has 516 valence electrons. The van der Waals surface area contributed by atoms with Crippen molar-refractivity contribution in [1.82, 2.24) is 0 Å². The van der Waals surface area contributed by atoms with Crippen molar-refractivity contribution < 1.29 is 80.2 Å². The van der Waals surface area contributed by atoms with Crippen molar-refractivity contribution in [1.29, 1.82) is 0 Å². The number of phosphoric ester groups is 2. The van der Waals surface area contributed by atoms with Crippen LogP contribution in [0.1, 0.15) is 349 Å². The van der Waals surface area contributed by atoms with Gasteiger partial charge < -0.3 is 33.8 Å². The van der Waals surface area contributed by atoms with Crippen LogP contribution in [-0.4, -0.2) is 96.7 Å². The summed E-state index contributed by atoms with van der Waals surface area (Å²) < 4.78 is 68.1. The lowest BCUT2D eigenvalue weighted by molar-refractivity contribution is -0.161. The molecule has 0 aliphatic heterocycles. The Morgan fingerprint density at radius 3 is 0.782 bits per heavy atom. The first kappa shape index (κ1) is 85.1. The second kappa shape index (κ2) is 61.6. The van der Waals surface area contributed by atoms with Gasteiger partial charge in [-0.15, -0.1) is 0 Å². The number of unbranched alkanes of at least 4 members (excludes halogenated alkanes) is 40. The third-order valence-corrected chi connectivity index (χ3v) is 17.7. The molecule has 0 amide bonds. The molecule has 0 radical (unpaired) electrons. The van der Waals surface area contributed by atoms with E-state index in [1.54, 1.807) is 0 Å². The summed E-state index contributed by atoms with van der Waals surface area (Å²) >= 11 is 0. The second-order valence-electron chi connectivity index (χ2n) is 25.0. The molecule has 0 spiro atoms. The van der Waals surface area contributed by atoms with E-state index in [0.717, 1.165) is 109 Å². The molecule has 0 bridgehead atoms. The first-order valence-electron chi connectivity index (χ1n) is 35.6. The van der Waals surface area contributed by atoms with Gasteiger partial charge in [-0.3, -0.25) is 37.3 Å². The van der Waals surface area contributed by atoms with E-state index < -0.39 is 97.5 Å². The Bertz CT molecular complexity index is 1690. The van der Waals surface area contributed by atoms with Gasteiger partial charge in [-0.25, -0.2) is 9.13 Å². The van der Waals surface area contributed by atoms with Crippen LogP contribution in [0.15, 0.2) is 0 Å². The summed E-state index contributed by atoms with van der Waals surface area (Å²) in [6.07, 6.45) is 47.3. The fourth-order valence-corrected chi connectivity index (χ4v) is 11.9. The summed E-state index contributed by atoms with van der Waals surface area (Å²) in [4.78, 5) is 72.3. The normalized spacial score (nSPS) is 14.1. The quantitative estimate of drug-likeness (QED) is 0.0222. The number of phosphoric acid groups is 2. The zero-order valence-electron chi connectivity index (χ0n) is 56.2. The molecule has 0 rings (SSSR count). The molecule has 0 saturated heterocycles. The summed E-state index contributed by atoms with van der Waals surface area (Å²) in [5.74, 6) is -1.39. The highest BCUT2D eigenvalue weighted by molar-refractivity contribution is 7.47. The van der Waals surface area contributed by atoms with Crippen molar-refractivity contribution in [3.63, 3.8) is 0 Å². The van der Waals surface area contributed by atoms with Crippen LogP contribution in [0.2, 0.25) is 0 Å². The number of carbonyl (C=O) groups excluding carboxylic acids is 4. The van der Waals surface area contributed by atoms with Crippen molar-refractivity contribution in [3.8, 4) is 0 Å². The van der Waals surface area contributed by atoms with Crippen molar-refractivity contribution in [2.75, 3.05) is 39.6 Å². The standard InChI is InChI=1S/C68H132O17P2/c1-6-9-12-15-18-20-22-23-24-25-26-27-29-33-39-44-49-54-68(73)85-64(58-79-66(71)52-47-42-37-34-30-31-36-40-45-50-61(4)5)60-83-87(76,77)81-56-62(69)55-80-86(74,75)82-59-63(57-78-65(70)51-46-41-35-17-14-11-8-3)84-67(72)53-48-43-38-32-28-21-19-16-13-10-7-2/h61-64,69H,6-60H2,1-5H3,(H,74,75)(H,76,77)/t62-,63+,64+/m0/s1. The van der Waals surface area contributed by atoms with Crippen molar-refractivity contribution in [3.05, 3.63) is 0 Å². The Morgan fingerprint density at radius 2 is 0.529 bits per heavy atom. The molecule has 0 aliphatic carbocycles. The molecule has 0 saturated carbocycles. The number of carbonyl (C=O) groups is 4. The molecule has 5 atom stereocenters. The number of rotatable bonds is 68. The molecular weight excluding hydrogens is 1150 g/mol. The minimum atomic E-state index is -4.95. The van der Waals surface area contributed by atoms with Crippen LogP contribution in [0.3, 0.4) is 0 Å². The fourth-order valence-electron chi connectivity index (χ4n) is 10.3. The van der Waals surface area contributed by atoms with Gasteiger partial charge in [0.25, 0.3) is 0 Å². The number of hydrogen-bond donors (Lipinski definition) is 3. The topological polar surface area (TPSA) is 237 Å². The summed E-state index contributed by atoms with van der Waals surface area (Å²) in [7, 11) is -9.89. The maximum Gasteiger partial charge on any atom is 0.472 e. The van der Waals surface area contributed by atoms with Gasteiger partial charge in [-0.1, -0.05) is 298 Å². The average molecular weight is 1280 g/mol. The SMILES string of the molecule is CCCCCCCCCCCCCCCCCCCC(=O)O[C@H](COC(=O)CCCCCCCCCCCC(C)C)COP(=O)(O)OC[C@@H](O)COP(=O)(O)OC[C@@H](COC(=O)CCCCCCCCC)OC(=O)CCCCCCCCCCCCC. The van der Waals surface area contributed by atoms with Gasteiger partial charge in [0, 0.05) is 25.7 Å². The number of esters is 4. The highest BCUT2D eigenvalue weighted by Gasteiger charge is 2.30. The lowest BCUT2D eigenvalue weighted by atomic mass is 10.0. The summed E-state index contributed by atoms with van der Waals surface area (Å²) in [5.41, 5.74) is 0. The van der Waals surface area contributed by atoms with Gasteiger partial charge in [0.15, 0.2) is 12.2 Å². The monoisotopic (exact) mass is 1280 g/mol. The summed E-state index contributed by atoms with van der Waals surface area (Å²) in [5, 5.41) is 10.6. The molecule has 87 heavy (non-hydrogen) atoms. The minimum absolute atomic E-state index is 0.107. The lowest BCUT2D eigenvalue weighted by Crippen LogP contribution is -2.30. The smallest absolute Gasteiger partial charge is 0.462 e. The third-order valence-electron chi connectivity index (χ3n) is 15.8. The van der Waals surface area contributed by atoms with Gasteiger partial charge in [-0.05, 0) is 31.6 Å². The number of hydrogen-bond acceptors (Lipinski definition) is 15. The lowest BCUT2D eigenvalue weighted by Gasteiger charge is -2.21.